The minimum atomic E-state index is 0.383. The van der Waals surface area contributed by atoms with Crippen LogP contribution in [0.3, 0.4) is 0 Å². The van der Waals surface area contributed by atoms with Crippen LogP contribution in [0.1, 0.15) is 12.5 Å². The molecule has 0 aliphatic rings. The molecule has 0 amide bonds. The molecule has 0 saturated carbocycles. The summed E-state index contributed by atoms with van der Waals surface area (Å²) < 4.78 is 5.07. The van der Waals surface area contributed by atoms with E-state index in [1.54, 1.807) is 6.07 Å². The number of hydrogen-bond acceptors (Lipinski definition) is 3. The first-order valence-electron chi connectivity index (χ1n) is 3.27. The molecular formula is C8H7N2O. The van der Waals surface area contributed by atoms with E-state index in [1.807, 2.05) is 13.0 Å². The van der Waals surface area contributed by atoms with Gasteiger partial charge in [-0.05, 0) is 13.0 Å². The lowest BCUT2D eigenvalue weighted by Crippen LogP contribution is -1.96. The predicted octanol–water partition coefficient (Wildman–Crippen LogP) is 1.15. The molecule has 1 aromatic rings. The lowest BCUT2D eigenvalue weighted by molar-refractivity contribution is 0.326. The average molecular weight is 147 g/mol. The van der Waals surface area contributed by atoms with E-state index in [1.165, 1.54) is 6.20 Å². The van der Waals surface area contributed by atoms with Gasteiger partial charge in [0.25, 0.3) is 0 Å². The Morgan fingerprint density at radius 1 is 1.82 bits per heavy atom. The number of hydrogen-bond donors (Lipinski definition) is 0. The van der Waals surface area contributed by atoms with Crippen LogP contribution < -0.4 is 4.74 Å². The van der Waals surface area contributed by atoms with Gasteiger partial charge in [0.2, 0.25) is 5.88 Å². The van der Waals surface area contributed by atoms with Gasteiger partial charge in [0.15, 0.2) is 0 Å². The van der Waals surface area contributed by atoms with E-state index >= 15 is 0 Å². The maximum Gasteiger partial charge on any atom is 0.231 e. The van der Waals surface area contributed by atoms with Crippen LogP contribution >= 0.6 is 0 Å². The highest BCUT2D eigenvalue weighted by Gasteiger charge is 2.00. The van der Waals surface area contributed by atoms with Gasteiger partial charge in [-0.3, -0.25) is 0 Å². The van der Waals surface area contributed by atoms with Crippen molar-refractivity contribution in [3.63, 3.8) is 0 Å². The molecule has 0 bridgehead atoms. The zero-order chi connectivity index (χ0) is 8.10. The van der Waals surface area contributed by atoms with Crippen molar-refractivity contribution in [2.75, 3.05) is 6.61 Å². The van der Waals surface area contributed by atoms with Crippen molar-refractivity contribution in [2.45, 2.75) is 6.92 Å². The Hall–Kier alpha value is -1.56. The van der Waals surface area contributed by atoms with Crippen LogP contribution in [0.15, 0.2) is 12.3 Å². The minimum absolute atomic E-state index is 0.383. The molecule has 55 valence electrons. The van der Waals surface area contributed by atoms with Crippen LogP contribution in [0.5, 0.6) is 5.88 Å². The van der Waals surface area contributed by atoms with Gasteiger partial charge in [0.1, 0.15) is 11.6 Å². The number of pyridine rings is 1. The molecule has 1 radical (unpaired) electrons. The summed E-state index contributed by atoms with van der Waals surface area (Å²) in [6, 6.07) is 6.21. The van der Waals surface area contributed by atoms with Crippen molar-refractivity contribution in [3.8, 4) is 11.9 Å². The Bertz CT molecular complexity index is 278. The maximum absolute atomic E-state index is 8.56. The second-order valence-corrected chi connectivity index (χ2v) is 1.83. The summed E-state index contributed by atoms with van der Waals surface area (Å²) in [5, 5.41) is 8.56. The topological polar surface area (TPSA) is 45.9 Å². The van der Waals surface area contributed by atoms with E-state index in [0.29, 0.717) is 18.1 Å². The zero-order valence-corrected chi connectivity index (χ0v) is 6.16. The Labute approximate surface area is 65.3 Å². The van der Waals surface area contributed by atoms with Crippen molar-refractivity contribution >= 4 is 0 Å². The van der Waals surface area contributed by atoms with Gasteiger partial charge in [-0.2, -0.15) is 5.26 Å². The predicted molar refractivity (Wildman–Crippen MR) is 39.0 cm³/mol. The lowest BCUT2D eigenvalue weighted by Gasteiger charge is -2.00. The maximum atomic E-state index is 8.56. The molecule has 0 unspecified atom stereocenters. The third kappa shape index (κ3) is 1.68. The highest BCUT2D eigenvalue weighted by molar-refractivity contribution is 5.36. The second-order valence-electron chi connectivity index (χ2n) is 1.83. The van der Waals surface area contributed by atoms with E-state index in [4.69, 9.17) is 10.00 Å². The summed E-state index contributed by atoms with van der Waals surface area (Å²) in [7, 11) is 0. The zero-order valence-electron chi connectivity index (χ0n) is 6.16. The van der Waals surface area contributed by atoms with Gasteiger partial charge in [0, 0.05) is 12.3 Å². The van der Waals surface area contributed by atoms with E-state index in [0.717, 1.165) is 0 Å². The standard InChI is InChI=1S/C8H7N2O/c1-2-11-8-7(6-9)4-3-5-10-8/h4-5H,2H2,1H3. The van der Waals surface area contributed by atoms with Gasteiger partial charge in [-0.25, -0.2) is 4.98 Å². The molecule has 0 atom stereocenters. The highest BCUT2D eigenvalue weighted by atomic mass is 16.5. The Morgan fingerprint density at radius 3 is 3.27 bits per heavy atom. The van der Waals surface area contributed by atoms with Crippen LogP contribution in [-0.4, -0.2) is 11.6 Å². The molecule has 3 nitrogen and oxygen atoms in total. The molecule has 0 aliphatic carbocycles. The summed E-state index contributed by atoms with van der Waals surface area (Å²) in [5.74, 6) is 0.383. The Morgan fingerprint density at radius 2 is 2.64 bits per heavy atom. The van der Waals surface area contributed by atoms with Crippen molar-refractivity contribution < 1.29 is 4.74 Å². The van der Waals surface area contributed by atoms with Gasteiger partial charge < -0.3 is 4.74 Å². The molecule has 11 heavy (non-hydrogen) atoms. The van der Waals surface area contributed by atoms with Crippen molar-refractivity contribution in [1.29, 1.82) is 5.26 Å². The molecule has 0 spiro atoms. The van der Waals surface area contributed by atoms with E-state index in [9.17, 15) is 0 Å². The molecule has 1 aromatic heterocycles. The summed E-state index contributed by atoms with van der Waals surface area (Å²) in [5.41, 5.74) is 0.425. The number of nitriles is 1. The molecule has 1 heterocycles. The molecule has 1 rings (SSSR count). The van der Waals surface area contributed by atoms with Crippen molar-refractivity contribution in [2.24, 2.45) is 0 Å². The van der Waals surface area contributed by atoms with Gasteiger partial charge >= 0.3 is 0 Å². The second kappa shape index (κ2) is 3.57. The molecule has 0 aromatic carbocycles. The summed E-state index contributed by atoms with van der Waals surface area (Å²) in [6.45, 7) is 2.37. The lowest BCUT2D eigenvalue weighted by atomic mass is 10.3. The minimum Gasteiger partial charge on any atom is -0.477 e. The summed E-state index contributed by atoms with van der Waals surface area (Å²) >= 11 is 0. The number of nitrogens with zero attached hydrogens (tertiary/aromatic N) is 2. The van der Waals surface area contributed by atoms with E-state index < -0.39 is 0 Å². The number of ether oxygens (including phenoxy) is 1. The number of rotatable bonds is 2. The first-order valence-corrected chi connectivity index (χ1v) is 3.27. The fourth-order valence-electron chi connectivity index (χ4n) is 0.680. The monoisotopic (exact) mass is 147 g/mol. The number of aromatic nitrogens is 1. The largest absolute Gasteiger partial charge is 0.477 e. The van der Waals surface area contributed by atoms with E-state index in [-0.39, 0.29) is 0 Å². The fourth-order valence-corrected chi connectivity index (χ4v) is 0.680. The van der Waals surface area contributed by atoms with Crippen molar-refractivity contribution in [3.05, 3.63) is 23.9 Å². The van der Waals surface area contributed by atoms with Gasteiger partial charge in [0.05, 0.1) is 6.61 Å². The SMILES string of the molecule is CCOc1nc[c]cc1C#N. The first kappa shape index (κ1) is 7.55. The molecule has 3 heteroatoms. The smallest absolute Gasteiger partial charge is 0.231 e. The van der Waals surface area contributed by atoms with Gasteiger partial charge in [-0.15, -0.1) is 0 Å². The molecule has 0 aliphatic heterocycles. The molecular weight excluding hydrogens is 140 g/mol. The summed E-state index contributed by atoms with van der Waals surface area (Å²) in [4.78, 5) is 3.84. The van der Waals surface area contributed by atoms with Crippen LogP contribution in [-0.2, 0) is 0 Å². The molecule has 0 saturated heterocycles. The average Bonchev–Trinajstić information content (AvgIpc) is 2.06. The Balaban J connectivity index is 2.95. The Kier molecular flexibility index (Phi) is 2.45. The van der Waals surface area contributed by atoms with Gasteiger partial charge in [-0.1, -0.05) is 0 Å². The third-order valence-electron chi connectivity index (χ3n) is 1.12. The third-order valence-corrected chi connectivity index (χ3v) is 1.12. The molecule has 0 fully saturated rings. The normalized spacial score (nSPS) is 8.73. The van der Waals surface area contributed by atoms with Crippen LogP contribution in [0.2, 0.25) is 0 Å². The quantitative estimate of drug-likeness (QED) is 0.630. The van der Waals surface area contributed by atoms with Crippen LogP contribution in [0, 0.1) is 17.4 Å². The highest BCUT2D eigenvalue weighted by Crippen LogP contribution is 2.11. The van der Waals surface area contributed by atoms with Crippen LogP contribution in [0.25, 0.3) is 0 Å². The van der Waals surface area contributed by atoms with E-state index in [2.05, 4.69) is 11.1 Å². The fraction of sp³-hybridized carbons (Fsp3) is 0.250. The van der Waals surface area contributed by atoms with Crippen LogP contribution in [0.4, 0.5) is 0 Å². The first-order chi connectivity index (χ1) is 5.38. The summed E-state index contributed by atoms with van der Waals surface area (Å²) in [6.07, 6.45) is 1.48. The molecule has 0 N–H and O–H groups in total. The van der Waals surface area contributed by atoms with Crippen molar-refractivity contribution in [1.82, 2.24) is 4.98 Å².